The van der Waals surface area contributed by atoms with Crippen LogP contribution in [0.3, 0.4) is 0 Å². The van der Waals surface area contributed by atoms with Gasteiger partial charge >= 0.3 is 0 Å². The summed E-state index contributed by atoms with van der Waals surface area (Å²) < 4.78 is 0. The highest BCUT2D eigenvalue weighted by Gasteiger charge is 2.19. The fourth-order valence-corrected chi connectivity index (χ4v) is 7.39. The van der Waals surface area contributed by atoms with Crippen LogP contribution < -0.4 is 0 Å². The second kappa shape index (κ2) is 16.7. The number of hydrogen-bond donors (Lipinski definition) is 0. The van der Waals surface area contributed by atoms with Gasteiger partial charge in [0.05, 0.1) is 56.9 Å². The summed E-state index contributed by atoms with van der Waals surface area (Å²) in [6.07, 6.45) is 7.11. The molecule has 3 aromatic carbocycles. The third kappa shape index (κ3) is 8.13. The molecule has 0 N–H and O–H groups in total. The molecule has 0 unspecified atom stereocenters. The van der Waals surface area contributed by atoms with E-state index in [2.05, 4.69) is 101 Å². The van der Waals surface area contributed by atoms with Crippen molar-refractivity contribution in [2.75, 3.05) is 0 Å². The molecule has 7 aromatic heterocycles. The molecule has 8 heteroatoms. The molecule has 0 atom stereocenters. The Hall–Kier alpha value is -8.36. The minimum Gasteiger partial charge on any atom is -0.255 e. The molecule has 0 amide bonds. The van der Waals surface area contributed by atoms with E-state index < -0.39 is 0 Å². The molecule has 0 aliphatic rings. The Morgan fingerprint density at radius 3 is 0.903 bits per heavy atom. The Balaban J connectivity index is 1.24. The Morgan fingerprint density at radius 1 is 0.242 bits per heavy atom. The summed E-state index contributed by atoms with van der Waals surface area (Å²) in [5.41, 5.74) is 16.4. The van der Waals surface area contributed by atoms with Crippen molar-refractivity contribution in [2.24, 2.45) is 0 Å². The van der Waals surface area contributed by atoms with Crippen LogP contribution in [0, 0.1) is 13.8 Å². The number of benzene rings is 3. The highest BCUT2D eigenvalue weighted by Crippen LogP contribution is 2.37. The van der Waals surface area contributed by atoms with Gasteiger partial charge < -0.3 is 0 Å². The SMILES string of the molecule is Cc1ccc(-c2cc(-c3ccc(C)cc3)cc(-c3nc(-c4cc(-c5ccccn5)nc(-c5ccccn5)c4)cc(-c4cc(-c5ccccn5)nc(-c5ccccn5)c4)n3)c2)cc1. The van der Waals surface area contributed by atoms with E-state index in [4.69, 9.17) is 19.9 Å². The van der Waals surface area contributed by atoms with Crippen LogP contribution in [0.25, 0.3) is 102 Å². The van der Waals surface area contributed by atoms with E-state index in [1.165, 1.54) is 11.1 Å². The molecule has 8 nitrogen and oxygen atoms in total. The van der Waals surface area contributed by atoms with Gasteiger partial charge in [-0.15, -0.1) is 0 Å². The topological polar surface area (TPSA) is 103 Å². The summed E-state index contributed by atoms with van der Waals surface area (Å²) in [7, 11) is 0. The number of aromatic nitrogens is 8. The lowest BCUT2D eigenvalue weighted by Gasteiger charge is -2.15. The monoisotopic (exact) mass is 798 g/mol. The van der Waals surface area contributed by atoms with Crippen LogP contribution in [0.5, 0.6) is 0 Å². The molecule has 0 bridgehead atoms. The van der Waals surface area contributed by atoms with E-state index in [1.807, 2.05) is 103 Å². The van der Waals surface area contributed by atoms with Crippen molar-refractivity contribution in [3.8, 4) is 102 Å². The Labute approximate surface area is 359 Å². The Kier molecular flexibility index (Phi) is 10.2. The zero-order chi connectivity index (χ0) is 41.8. The van der Waals surface area contributed by atoms with E-state index in [0.717, 1.165) is 61.7 Å². The maximum Gasteiger partial charge on any atom is 0.160 e. The lowest BCUT2D eigenvalue weighted by molar-refractivity contribution is 1.17. The van der Waals surface area contributed by atoms with E-state index in [9.17, 15) is 0 Å². The maximum atomic E-state index is 5.41. The van der Waals surface area contributed by atoms with E-state index >= 15 is 0 Å². The zero-order valence-electron chi connectivity index (χ0n) is 34.1. The van der Waals surface area contributed by atoms with Crippen LogP contribution in [0.15, 0.2) is 195 Å². The van der Waals surface area contributed by atoms with Gasteiger partial charge in [0, 0.05) is 41.5 Å². The van der Waals surface area contributed by atoms with E-state index in [1.54, 1.807) is 24.8 Å². The smallest absolute Gasteiger partial charge is 0.160 e. The molecule has 0 radical (unpaired) electrons. The highest BCUT2D eigenvalue weighted by molar-refractivity contribution is 5.83. The largest absolute Gasteiger partial charge is 0.255 e. The fourth-order valence-electron chi connectivity index (χ4n) is 7.39. The van der Waals surface area contributed by atoms with Crippen molar-refractivity contribution in [1.82, 2.24) is 39.9 Å². The Morgan fingerprint density at radius 2 is 0.581 bits per heavy atom. The minimum atomic E-state index is 0.561. The molecule has 0 spiro atoms. The number of rotatable bonds is 9. The average Bonchev–Trinajstić information content (AvgIpc) is 3.35. The minimum absolute atomic E-state index is 0.561. The molecule has 294 valence electrons. The third-order valence-electron chi connectivity index (χ3n) is 10.6. The molecule has 7 heterocycles. The van der Waals surface area contributed by atoms with Gasteiger partial charge in [-0.25, -0.2) is 19.9 Å². The van der Waals surface area contributed by atoms with E-state index in [-0.39, 0.29) is 0 Å². The van der Waals surface area contributed by atoms with Crippen molar-refractivity contribution in [3.05, 3.63) is 206 Å². The normalized spacial score (nSPS) is 11.1. The number of hydrogen-bond acceptors (Lipinski definition) is 8. The number of aryl methyl sites for hydroxylation is 2. The molecule has 62 heavy (non-hydrogen) atoms. The summed E-state index contributed by atoms with van der Waals surface area (Å²) >= 11 is 0. The van der Waals surface area contributed by atoms with Gasteiger partial charge in [-0.3, -0.25) is 19.9 Å². The van der Waals surface area contributed by atoms with Crippen molar-refractivity contribution < 1.29 is 0 Å². The first-order valence-electron chi connectivity index (χ1n) is 20.4. The highest BCUT2D eigenvalue weighted by atomic mass is 14.9. The van der Waals surface area contributed by atoms with Crippen molar-refractivity contribution >= 4 is 0 Å². The molecule has 10 rings (SSSR count). The summed E-state index contributed by atoms with van der Waals surface area (Å²) in [5.74, 6) is 0.561. The summed E-state index contributed by atoms with van der Waals surface area (Å²) in [6, 6.07) is 57.4. The summed E-state index contributed by atoms with van der Waals surface area (Å²) in [5, 5.41) is 0. The van der Waals surface area contributed by atoms with Crippen molar-refractivity contribution in [2.45, 2.75) is 13.8 Å². The van der Waals surface area contributed by atoms with Crippen LogP contribution in [0.2, 0.25) is 0 Å². The number of nitrogens with zero attached hydrogens (tertiary/aromatic N) is 8. The summed E-state index contributed by atoms with van der Waals surface area (Å²) in [4.78, 5) is 39.7. The fraction of sp³-hybridized carbons (Fsp3) is 0.0370. The van der Waals surface area contributed by atoms with E-state index in [0.29, 0.717) is 40.0 Å². The molecular formula is C54H38N8. The second-order valence-corrected chi connectivity index (χ2v) is 15.1. The first-order chi connectivity index (χ1) is 30.5. The zero-order valence-corrected chi connectivity index (χ0v) is 34.1. The molecule has 0 saturated heterocycles. The maximum absolute atomic E-state index is 5.41. The van der Waals surface area contributed by atoms with Crippen molar-refractivity contribution in [1.29, 1.82) is 0 Å². The molecule has 10 aromatic rings. The molecule has 0 saturated carbocycles. The Bertz CT molecular complexity index is 2840. The first kappa shape index (κ1) is 37.9. The van der Waals surface area contributed by atoms with Gasteiger partial charge in [-0.05, 0) is 133 Å². The second-order valence-electron chi connectivity index (χ2n) is 15.1. The lowest BCUT2D eigenvalue weighted by Crippen LogP contribution is -2.00. The molecule has 0 aliphatic heterocycles. The molecular weight excluding hydrogens is 761 g/mol. The van der Waals surface area contributed by atoms with Crippen LogP contribution >= 0.6 is 0 Å². The summed E-state index contributed by atoms with van der Waals surface area (Å²) in [6.45, 7) is 4.21. The quantitative estimate of drug-likeness (QED) is 0.142. The van der Waals surface area contributed by atoms with Crippen molar-refractivity contribution in [3.63, 3.8) is 0 Å². The van der Waals surface area contributed by atoms with Gasteiger partial charge in [0.2, 0.25) is 0 Å². The van der Waals surface area contributed by atoms with Gasteiger partial charge in [0.25, 0.3) is 0 Å². The first-order valence-corrected chi connectivity index (χ1v) is 20.4. The lowest BCUT2D eigenvalue weighted by atomic mass is 9.95. The third-order valence-corrected chi connectivity index (χ3v) is 10.6. The molecule has 0 aliphatic carbocycles. The van der Waals surface area contributed by atoms with Crippen LogP contribution in [-0.4, -0.2) is 39.9 Å². The van der Waals surface area contributed by atoms with Gasteiger partial charge in [0.15, 0.2) is 5.82 Å². The number of pyridine rings is 6. The molecule has 0 fully saturated rings. The van der Waals surface area contributed by atoms with Gasteiger partial charge in [0.1, 0.15) is 0 Å². The predicted octanol–water partition coefficient (Wildman–Crippen LogP) is 12.5. The van der Waals surface area contributed by atoms with Crippen LogP contribution in [0.1, 0.15) is 11.1 Å². The average molecular weight is 799 g/mol. The standard InChI is InChI=1S/C54H38N8/c1-35-15-19-37(20-16-35)39-27-40(38-21-17-36(2)18-22-38)29-43(28-39)54-61-48(41-30-50(44-11-3-7-23-55-44)59-51(31-41)45-12-4-8-24-56-45)34-49(62-54)42-32-52(46-13-5-9-25-57-46)60-53(33-42)47-14-6-10-26-58-47/h3-34H,1-2H3. The van der Waals surface area contributed by atoms with Crippen LogP contribution in [0.4, 0.5) is 0 Å². The van der Waals surface area contributed by atoms with Gasteiger partial charge in [-0.2, -0.15) is 0 Å². The van der Waals surface area contributed by atoms with Crippen LogP contribution in [-0.2, 0) is 0 Å². The van der Waals surface area contributed by atoms with Gasteiger partial charge in [-0.1, -0.05) is 83.9 Å². The predicted molar refractivity (Wildman–Crippen MR) is 247 cm³/mol.